The van der Waals surface area contributed by atoms with Crippen LogP contribution in [0.3, 0.4) is 0 Å². The first kappa shape index (κ1) is 21.7. The smallest absolute Gasteiger partial charge is 0.321 e. The van der Waals surface area contributed by atoms with Gasteiger partial charge >= 0.3 is 6.03 Å². The number of thiophene rings is 1. The fourth-order valence-corrected chi connectivity index (χ4v) is 3.42. The first-order chi connectivity index (χ1) is 13.5. The third-order valence-electron chi connectivity index (χ3n) is 4.53. The van der Waals surface area contributed by atoms with Gasteiger partial charge in [-0.25, -0.2) is 4.79 Å². The van der Waals surface area contributed by atoms with Gasteiger partial charge in [-0.3, -0.25) is 10.1 Å². The van der Waals surface area contributed by atoms with Crippen LogP contribution in [0.15, 0.2) is 35.7 Å². The normalized spacial score (nSPS) is 12.7. The molecule has 0 spiro atoms. The maximum absolute atomic E-state index is 12.2. The molecule has 1 unspecified atom stereocenters. The van der Waals surface area contributed by atoms with Gasteiger partial charge in [0.1, 0.15) is 13.2 Å². The number of quaternary nitrogens is 1. The lowest BCUT2D eigenvalue weighted by Crippen LogP contribution is -3.15. The van der Waals surface area contributed by atoms with Gasteiger partial charge < -0.3 is 19.7 Å². The third-order valence-corrected chi connectivity index (χ3v) is 5.38. The Balaban J connectivity index is 2.04. The highest BCUT2D eigenvalue weighted by molar-refractivity contribution is 7.09. The van der Waals surface area contributed by atoms with Crippen LogP contribution in [0.25, 0.3) is 0 Å². The Morgan fingerprint density at radius 1 is 1.25 bits per heavy atom. The molecule has 0 radical (unpaired) electrons. The van der Waals surface area contributed by atoms with E-state index in [9.17, 15) is 9.59 Å². The Morgan fingerprint density at radius 2 is 2.04 bits per heavy atom. The second-order valence-electron chi connectivity index (χ2n) is 6.33. The first-order valence-corrected chi connectivity index (χ1v) is 10.1. The number of carbonyl (C=O) groups excluding carboxylic acids is 2. The van der Waals surface area contributed by atoms with Gasteiger partial charge in [-0.15, -0.1) is 11.3 Å². The molecule has 28 heavy (non-hydrogen) atoms. The van der Waals surface area contributed by atoms with E-state index in [0.717, 1.165) is 21.9 Å². The number of imide groups is 1. The van der Waals surface area contributed by atoms with Gasteiger partial charge in [0.25, 0.3) is 5.91 Å². The van der Waals surface area contributed by atoms with Crippen molar-refractivity contribution in [3.63, 3.8) is 0 Å². The molecule has 0 fully saturated rings. The molecule has 2 aromatic rings. The molecule has 0 saturated carbocycles. The van der Waals surface area contributed by atoms with E-state index < -0.39 is 6.03 Å². The molecule has 0 aliphatic rings. The fraction of sp³-hybridized carbons (Fsp3) is 0.400. The van der Waals surface area contributed by atoms with Crippen LogP contribution >= 0.6 is 11.3 Å². The minimum Gasteiger partial charge on any atom is -0.493 e. The summed E-state index contributed by atoms with van der Waals surface area (Å²) in [6, 6.07) is 8.95. The Morgan fingerprint density at radius 3 is 2.64 bits per heavy atom. The van der Waals surface area contributed by atoms with Gasteiger partial charge in [0.15, 0.2) is 17.5 Å². The predicted octanol–water partition coefficient (Wildman–Crippen LogP) is 1.58. The number of rotatable bonds is 9. The fourth-order valence-electron chi connectivity index (χ4n) is 2.80. The van der Waals surface area contributed by atoms with Crippen LogP contribution < -0.4 is 25.0 Å². The average Bonchev–Trinajstić information content (AvgIpc) is 3.23. The van der Waals surface area contributed by atoms with Crippen LogP contribution in [0, 0.1) is 0 Å². The van der Waals surface area contributed by atoms with Crippen LogP contribution in [-0.4, -0.2) is 38.7 Å². The van der Waals surface area contributed by atoms with Gasteiger partial charge in [0.05, 0.1) is 13.7 Å². The maximum Gasteiger partial charge on any atom is 0.321 e. The zero-order valence-electron chi connectivity index (χ0n) is 16.7. The number of hydrogen-bond acceptors (Lipinski definition) is 5. The molecular weight excluding hydrogens is 378 g/mol. The molecule has 3 amide bonds. The number of amides is 3. The zero-order valence-corrected chi connectivity index (χ0v) is 17.5. The van der Waals surface area contributed by atoms with E-state index in [-0.39, 0.29) is 11.9 Å². The number of benzene rings is 1. The van der Waals surface area contributed by atoms with Crippen molar-refractivity contribution in [2.45, 2.75) is 33.0 Å². The summed E-state index contributed by atoms with van der Waals surface area (Å²) >= 11 is 1.65. The molecule has 1 heterocycles. The number of methoxy groups -OCH3 is 1. The van der Waals surface area contributed by atoms with Crippen molar-refractivity contribution < 1.29 is 24.0 Å². The summed E-state index contributed by atoms with van der Waals surface area (Å²) in [5.41, 5.74) is 1.02. The topological polar surface area (TPSA) is 81.1 Å². The molecule has 1 aromatic heterocycles. The van der Waals surface area contributed by atoms with E-state index in [4.69, 9.17) is 9.47 Å². The van der Waals surface area contributed by atoms with Crippen molar-refractivity contribution in [2.24, 2.45) is 0 Å². The predicted molar refractivity (Wildman–Crippen MR) is 109 cm³/mol. The monoisotopic (exact) mass is 406 g/mol. The van der Waals surface area contributed by atoms with E-state index in [2.05, 4.69) is 10.6 Å². The highest BCUT2D eigenvalue weighted by Gasteiger charge is 2.25. The maximum atomic E-state index is 12.2. The Hall–Kier alpha value is -2.58. The van der Waals surface area contributed by atoms with Crippen molar-refractivity contribution in [1.29, 1.82) is 0 Å². The van der Waals surface area contributed by atoms with Crippen molar-refractivity contribution in [2.75, 3.05) is 20.7 Å². The summed E-state index contributed by atoms with van der Waals surface area (Å²) in [7, 11) is 3.09. The van der Waals surface area contributed by atoms with Crippen LogP contribution in [0.2, 0.25) is 0 Å². The lowest BCUT2D eigenvalue weighted by atomic mass is 10.1. The quantitative estimate of drug-likeness (QED) is 0.591. The summed E-state index contributed by atoms with van der Waals surface area (Å²) < 4.78 is 11.4. The molecule has 7 nitrogen and oxygen atoms in total. The molecule has 1 aromatic carbocycles. The lowest BCUT2D eigenvalue weighted by Gasteiger charge is -2.24. The van der Waals surface area contributed by atoms with E-state index in [1.54, 1.807) is 18.4 Å². The molecular formula is C20H28N3O4S+. The van der Waals surface area contributed by atoms with E-state index in [0.29, 0.717) is 24.7 Å². The Labute approximate surface area is 169 Å². The molecule has 0 bridgehead atoms. The van der Waals surface area contributed by atoms with E-state index in [1.165, 1.54) is 7.05 Å². The van der Waals surface area contributed by atoms with Crippen molar-refractivity contribution in [3.05, 3.63) is 46.2 Å². The van der Waals surface area contributed by atoms with Crippen molar-refractivity contribution in [1.82, 2.24) is 10.6 Å². The molecule has 0 aliphatic heterocycles. The van der Waals surface area contributed by atoms with E-state index in [1.807, 2.05) is 49.6 Å². The average molecular weight is 407 g/mol. The summed E-state index contributed by atoms with van der Waals surface area (Å²) in [6.07, 6.45) is 0. The highest BCUT2D eigenvalue weighted by Crippen LogP contribution is 2.29. The van der Waals surface area contributed by atoms with Gasteiger partial charge in [0.2, 0.25) is 0 Å². The minimum absolute atomic E-state index is 0.306. The standard InChI is InChI=1S/C20H27N3O4S/c1-5-23(14(2)19(24)22-20(25)21-3)12-15-8-9-17(18(11-15)26-4)27-13-16-7-6-10-28-16/h6-11,14H,5,12-13H2,1-4H3,(H2,21,22,24,25)/p+1/t14-/m1/s1. The van der Waals surface area contributed by atoms with Gasteiger partial charge in [0, 0.05) is 17.5 Å². The second-order valence-corrected chi connectivity index (χ2v) is 7.36. The number of urea groups is 1. The third kappa shape index (κ3) is 5.97. The second kappa shape index (κ2) is 10.7. The number of likely N-dealkylation sites (N-methyl/N-ethyl adjacent to an activating group) is 1. The lowest BCUT2D eigenvalue weighted by molar-refractivity contribution is -0.926. The minimum atomic E-state index is -0.499. The summed E-state index contributed by atoms with van der Waals surface area (Å²) in [5.74, 6) is 1.04. The number of hydrogen-bond donors (Lipinski definition) is 3. The summed E-state index contributed by atoms with van der Waals surface area (Å²) in [6.45, 7) is 5.68. The van der Waals surface area contributed by atoms with E-state index >= 15 is 0 Å². The Kier molecular flexibility index (Phi) is 8.28. The number of nitrogens with one attached hydrogen (secondary N) is 3. The summed E-state index contributed by atoms with van der Waals surface area (Å²) in [4.78, 5) is 25.8. The van der Waals surface area contributed by atoms with Gasteiger partial charge in [-0.2, -0.15) is 0 Å². The van der Waals surface area contributed by atoms with Crippen LogP contribution in [0.1, 0.15) is 24.3 Å². The van der Waals surface area contributed by atoms with Crippen LogP contribution in [0.4, 0.5) is 4.79 Å². The van der Waals surface area contributed by atoms with Crippen molar-refractivity contribution in [3.8, 4) is 11.5 Å². The molecule has 2 rings (SSSR count). The SMILES string of the molecule is CC[NH+](Cc1ccc(OCc2cccs2)c(OC)c1)[C@H](C)C(=O)NC(=O)NC. The van der Waals surface area contributed by atoms with Gasteiger partial charge in [-0.1, -0.05) is 6.07 Å². The molecule has 152 valence electrons. The zero-order chi connectivity index (χ0) is 20.5. The molecule has 3 N–H and O–H groups in total. The van der Waals surface area contributed by atoms with Gasteiger partial charge in [-0.05, 0) is 43.5 Å². The largest absolute Gasteiger partial charge is 0.493 e. The number of carbonyl (C=O) groups is 2. The first-order valence-electron chi connectivity index (χ1n) is 9.17. The molecule has 0 aliphatic carbocycles. The molecule has 8 heteroatoms. The summed E-state index contributed by atoms with van der Waals surface area (Å²) in [5, 5.41) is 6.75. The number of ether oxygens (including phenoxy) is 2. The Bertz CT molecular complexity index is 780. The highest BCUT2D eigenvalue weighted by atomic mass is 32.1. The van der Waals surface area contributed by atoms with Crippen LogP contribution in [0.5, 0.6) is 11.5 Å². The molecule has 2 atom stereocenters. The van der Waals surface area contributed by atoms with Crippen LogP contribution in [-0.2, 0) is 17.9 Å². The van der Waals surface area contributed by atoms with Crippen molar-refractivity contribution >= 4 is 23.3 Å². The molecule has 0 saturated heterocycles.